The van der Waals surface area contributed by atoms with Gasteiger partial charge in [-0.2, -0.15) is 5.10 Å². The van der Waals surface area contributed by atoms with Gasteiger partial charge in [0.05, 0.1) is 38.5 Å². The molecule has 0 aliphatic heterocycles. The summed E-state index contributed by atoms with van der Waals surface area (Å²) in [4.78, 5) is 10.5. The molecule has 0 saturated carbocycles. The second-order valence-electron chi connectivity index (χ2n) is 5.19. The lowest BCUT2D eigenvalue weighted by Crippen LogP contribution is -2.06. The van der Waals surface area contributed by atoms with Crippen LogP contribution >= 0.6 is 0 Å². The quantitative estimate of drug-likeness (QED) is 0.420. The van der Waals surface area contributed by atoms with Gasteiger partial charge in [-0.15, -0.1) is 0 Å². The molecule has 138 valence electrons. The number of hydrazone groups is 1. The minimum atomic E-state index is -0.454. The molecule has 0 radical (unpaired) electrons. The summed E-state index contributed by atoms with van der Waals surface area (Å²) in [5.74, 6) is 1.82. The van der Waals surface area contributed by atoms with E-state index in [0.29, 0.717) is 36.0 Å². The van der Waals surface area contributed by atoms with E-state index in [4.69, 9.17) is 14.2 Å². The topological polar surface area (TPSA) is 95.2 Å². The molecule has 0 heterocycles. The van der Waals surface area contributed by atoms with Gasteiger partial charge in [0.25, 0.3) is 5.69 Å². The molecule has 2 rings (SSSR count). The van der Waals surface area contributed by atoms with Gasteiger partial charge in [0, 0.05) is 17.7 Å². The van der Waals surface area contributed by atoms with Crippen LogP contribution < -0.4 is 19.6 Å². The van der Waals surface area contributed by atoms with Gasteiger partial charge in [0.1, 0.15) is 5.75 Å². The maximum Gasteiger partial charge on any atom is 0.270 e. The maximum absolute atomic E-state index is 10.9. The third kappa shape index (κ3) is 4.85. The van der Waals surface area contributed by atoms with Crippen LogP contribution in [-0.2, 0) is 6.54 Å². The number of methoxy groups -OCH3 is 2. The lowest BCUT2D eigenvalue weighted by Gasteiger charge is -2.09. The summed E-state index contributed by atoms with van der Waals surface area (Å²) in [6.07, 6.45) is 1.50. The molecule has 0 fully saturated rings. The Bertz CT molecular complexity index is 792. The van der Waals surface area contributed by atoms with Gasteiger partial charge in [-0.05, 0) is 30.7 Å². The van der Waals surface area contributed by atoms with Crippen LogP contribution in [0, 0.1) is 10.1 Å². The molecule has 0 atom stereocenters. The average molecular weight is 359 g/mol. The minimum absolute atomic E-state index is 0.0187. The Morgan fingerprint density at radius 2 is 1.85 bits per heavy atom. The summed E-state index contributed by atoms with van der Waals surface area (Å²) >= 11 is 0. The summed E-state index contributed by atoms with van der Waals surface area (Å²) in [5.41, 5.74) is 4.36. The first-order valence-electron chi connectivity index (χ1n) is 7.97. The van der Waals surface area contributed by atoms with E-state index in [1.54, 1.807) is 20.3 Å². The molecule has 0 amide bonds. The summed E-state index contributed by atoms with van der Waals surface area (Å²) in [5, 5.41) is 15.1. The molecule has 0 aliphatic rings. The van der Waals surface area contributed by atoms with Crippen molar-refractivity contribution in [3.8, 4) is 17.2 Å². The number of nitro groups is 1. The Balaban J connectivity index is 2.08. The second kappa shape index (κ2) is 9.26. The van der Waals surface area contributed by atoms with Gasteiger partial charge in [0.15, 0.2) is 11.5 Å². The highest BCUT2D eigenvalue weighted by Gasteiger charge is 2.10. The molecule has 0 saturated heterocycles. The van der Waals surface area contributed by atoms with E-state index in [1.807, 2.05) is 25.1 Å². The molecular formula is C18H21N3O5. The number of benzene rings is 2. The molecule has 2 aromatic carbocycles. The first-order valence-corrected chi connectivity index (χ1v) is 7.97. The molecule has 0 unspecified atom stereocenters. The van der Waals surface area contributed by atoms with Gasteiger partial charge in [-0.3, -0.25) is 10.1 Å². The van der Waals surface area contributed by atoms with Gasteiger partial charge in [0.2, 0.25) is 0 Å². The third-order valence-electron chi connectivity index (χ3n) is 3.53. The van der Waals surface area contributed by atoms with Crippen LogP contribution in [0.25, 0.3) is 0 Å². The summed E-state index contributed by atoms with van der Waals surface area (Å²) in [6.45, 7) is 2.76. The van der Waals surface area contributed by atoms with E-state index in [-0.39, 0.29) is 5.69 Å². The maximum atomic E-state index is 10.9. The molecule has 0 spiro atoms. The monoisotopic (exact) mass is 359 g/mol. The molecular weight excluding hydrogens is 338 g/mol. The number of hydrogen-bond donors (Lipinski definition) is 1. The zero-order chi connectivity index (χ0) is 18.9. The van der Waals surface area contributed by atoms with Gasteiger partial charge < -0.3 is 19.6 Å². The van der Waals surface area contributed by atoms with Crippen LogP contribution in [-0.4, -0.2) is 32.0 Å². The molecule has 8 heteroatoms. The van der Waals surface area contributed by atoms with Crippen molar-refractivity contribution in [3.05, 3.63) is 57.6 Å². The lowest BCUT2D eigenvalue weighted by atomic mass is 10.2. The molecule has 2 aromatic rings. The van der Waals surface area contributed by atoms with Crippen molar-refractivity contribution in [2.24, 2.45) is 5.10 Å². The normalized spacial score (nSPS) is 10.6. The molecule has 1 N–H and O–H groups in total. The largest absolute Gasteiger partial charge is 0.493 e. The summed E-state index contributed by atoms with van der Waals surface area (Å²) in [6, 6.07) is 9.94. The number of hydrogen-bond acceptors (Lipinski definition) is 7. The SMILES string of the molecule is CCOc1ccc([N+](=O)[O-])cc1/C=N/NCc1ccc(OC)c(OC)c1. The smallest absolute Gasteiger partial charge is 0.270 e. The van der Waals surface area contributed by atoms with Gasteiger partial charge in [-0.1, -0.05) is 6.07 Å². The minimum Gasteiger partial charge on any atom is -0.493 e. The highest BCUT2D eigenvalue weighted by Crippen LogP contribution is 2.27. The van der Waals surface area contributed by atoms with E-state index in [9.17, 15) is 10.1 Å². The first-order chi connectivity index (χ1) is 12.6. The molecule has 0 aromatic heterocycles. The second-order valence-corrected chi connectivity index (χ2v) is 5.19. The van der Waals surface area contributed by atoms with Crippen LogP contribution in [0.15, 0.2) is 41.5 Å². The molecule has 0 aliphatic carbocycles. The van der Waals surface area contributed by atoms with E-state index < -0.39 is 4.92 Å². The zero-order valence-electron chi connectivity index (χ0n) is 14.9. The Labute approximate surface area is 151 Å². The Kier molecular flexibility index (Phi) is 6.78. The fraction of sp³-hybridized carbons (Fsp3) is 0.278. The van der Waals surface area contributed by atoms with Crippen molar-refractivity contribution in [2.75, 3.05) is 20.8 Å². The highest BCUT2D eigenvalue weighted by molar-refractivity contribution is 5.84. The van der Waals surface area contributed by atoms with E-state index in [0.717, 1.165) is 5.56 Å². The predicted molar refractivity (Wildman–Crippen MR) is 98.2 cm³/mol. The van der Waals surface area contributed by atoms with Crippen LogP contribution in [0.2, 0.25) is 0 Å². The number of nitrogens with one attached hydrogen (secondary N) is 1. The number of rotatable bonds is 9. The molecule has 0 bridgehead atoms. The van der Waals surface area contributed by atoms with Crippen molar-refractivity contribution in [1.29, 1.82) is 0 Å². The lowest BCUT2D eigenvalue weighted by molar-refractivity contribution is -0.384. The van der Waals surface area contributed by atoms with Crippen molar-refractivity contribution >= 4 is 11.9 Å². The van der Waals surface area contributed by atoms with Crippen molar-refractivity contribution in [3.63, 3.8) is 0 Å². The third-order valence-corrected chi connectivity index (χ3v) is 3.53. The Morgan fingerprint density at radius 3 is 2.50 bits per heavy atom. The van der Waals surface area contributed by atoms with Crippen LogP contribution in [0.1, 0.15) is 18.1 Å². The van der Waals surface area contributed by atoms with E-state index in [1.165, 1.54) is 18.3 Å². The number of nitrogens with zero attached hydrogens (tertiary/aromatic N) is 2. The van der Waals surface area contributed by atoms with Crippen LogP contribution in [0.4, 0.5) is 5.69 Å². The standard InChI is InChI=1S/C18H21N3O5/c1-4-26-16-8-6-15(21(22)23)10-14(16)12-20-19-11-13-5-7-17(24-2)18(9-13)25-3/h5-10,12,19H,4,11H2,1-3H3/b20-12+. The van der Waals surface area contributed by atoms with Crippen molar-refractivity contribution in [1.82, 2.24) is 5.43 Å². The van der Waals surface area contributed by atoms with Crippen molar-refractivity contribution < 1.29 is 19.1 Å². The number of ether oxygens (including phenoxy) is 3. The number of nitro benzene ring substituents is 1. The predicted octanol–water partition coefficient (Wildman–Crippen LogP) is 3.13. The highest BCUT2D eigenvalue weighted by atomic mass is 16.6. The van der Waals surface area contributed by atoms with Gasteiger partial charge >= 0.3 is 0 Å². The Morgan fingerprint density at radius 1 is 1.12 bits per heavy atom. The first kappa shape index (κ1) is 19.0. The fourth-order valence-electron chi connectivity index (χ4n) is 2.28. The summed E-state index contributed by atoms with van der Waals surface area (Å²) in [7, 11) is 3.15. The van der Waals surface area contributed by atoms with E-state index in [2.05, 4.69) is 10.5 Å². The van der Waals surface area contributed by atoms with Crippen molar-refractivity contribution in [2.45, 2.75) is 13.5 Å². The zero-order valence-corrected chi connectivity index (χ0v) is 14.9. The van der Waals surface area contributed by atoms with E-state index >= 15 is 0 Å². The Hall–Kier alpha value is -3.29. The molecule has 26 heavy (non-hydrogen) atoms. The number of non-ortho nitro benzene ring substituents is 1. The fourth-order valence-corrected chi connectivity index (χ4v) is 2.28. The summed E-state index contributed by atoms with van der Waals surface area (Å²) < 4.78 is 15.9. The average Bonchev–Trinajstić information content (AvgIpc) is 2.66. The van der Waals surface area contributed by atoms with Gasteiger partial charge in [-0.25, -0.2) is 0 Å². The molecule has 8 nitrogen and oxygen atoms in total. The van der Waals surface area contributed by atoms with Crippen LogP contribution in [0.5, 0.6) is 17.2 Å². The van der Waals surface area contributed by atoms with Crippen LogP contribution in [0.3, 0.4) is 0 Å².